The first kappa shape index (κ1) is 12.9. The smallest absolute Gasteiger partial charge is 0.0890 e. The van der Waals surface area contributed by atoms with Crippen molar-refractivity contribution >= 4 is 22.8 Å². The number of thioether (sulfide) groups is 1. The molecule has 0 saturated carbocycles. The van der Waals surface area contributed by atoms with Gasteiger partial charge >= 0.3 is 0 Å². The van der Waals surface area contributed by atoms with E-state index in [1.54, 1.807) is 0 Å². The zero-order valence-corrected chi connectivity index (χ0v) is 12.8. The molecule has 19 heavy (non-hydrogen) atoms. The summed E-state index contributed by atoms with van der Waals surface area (Å²) in [6.07, 6.45) is 0. The number of benzene rings is 1. The fourth-order valence-corrected chi connectivity index (χ4v) is 4.04. The summed E-state index contributed by atoms with van der Waals surface area (Å²) in [6.45, 7) is 9.13. The highest BCUT2D eigenvalue weighted by Gasteiger charge is 2.37. The lowest BCUT2D eigenvalue weighted by molar-refractivity contribution is 0.528. The molecule has 3 rings (SSSR count). The van der Waals surface area contributed by atoms with Gasteiger partial charge in [-0.05, 0) is 12.1 Å². The largest absolute Gasteiger partial charge is 0.249 e. The van der Waals surface area contributed by atoms with Crippen LogP contribution >= 0.6 is 11.8 Å². The van der Waals surface area contributed by atoms with Gasteiger partial charge in [0, 0.05) is 22.3 Å². The van der Waals surface area contributed by atoms with E-state index >= 15 is 0 Å². The molecular weight excluding hydrogens is 252 g/mol. The number of nitrogens with zero attached hydrogens (tertiary/aromatic N) is 2. The molecule has 0 radical (unpaired) electrons. The minimum Gasteiger partial charge on any atom is -0.249 e. The Balaban J connectivity index is 2.35. The lowest BCUT2D eigenvalue weighted by atomic mass is 9.81. The number of fused-ring (bicyclic) bond motifs is 2. The van der Waals surface area contributed by atoms with Crippen molar-refractivity contribution in [3.8, 4) is 0 Å². The van der Waals surface area contributed by atoms with E-state index in [0.29, 0.717) is 0 Å². The predicted octanol–water partition coefficient (Wildman–Crippen LogP) is 3.93. The van der Waals surface area contributed by atoms with E-state index in [9.17, 15) is 0 Å². The van der Waals surface area contributed by atoms with Crippen molar-refractivity contribution in [2.75, 3.05) is 11.5 Å². The van der Waals surface area contributed by atoms with Crippen molar-refractivity contribution in [2.24, 2.45) is 0 Å². The Morgan fingerprint density at radius 3 is 1.68 bits per heavy atom. The molecule has 2 aromatic rings. The molecule has 0 N–H and O–H groups in total. The molecule has 3 heteroatoms. The van der Waals surface area contributed by atoms with Crippen molar-refractivity contribution in [1.29, 1.82) is 0 Å². The number of hydrogen-bond donors (Lipinski definition) is 0. The third-order valence-electron chi connectivity index (χ3n) is 3.78. The van der Waals surface area contributed by atoms with E-state index in [0.717, 1.165) is 22.5 Å². The molecule has 1 aliphatic rings. The lowest BCUT2D eigenvalue weighted by Crippen LogP contribution is -2.28. The Labute approximate surface area is 119 Å². The summed E-state index contributed by atoms with van der Waals surface area (Å²) < 4.78 is 0. The molecule has 0 saturated heterocycles. The number of rotatable bonds is 0. The van der Waals surface area contributed by atoms with Crippen LogP contribution in [0.3, 0.4) is 0 Å². The Morgan fingerprint density at radius 2 is 1.26 bits per heavy atom. The second-order valence-electron chi connectivity index (χ2n) is 6.67. The summed E-state index contributed by atoms with van der Waals surface area (Å²) >= 11 is 2.01. The number of para-hydroxylation sites is 2. The quantitative estimate of drug-likeness (QED) is 0.726. The van der Waals surface area contributed by atoms with E-state index < -0.39 is 0 Å². The molecule has 0 amide bonds. The third-order valence-corrected chi connectivity index (χ3v) is 5.63. The summed E-state index contributed by atoms with van der Waals surface area (Å²) in [5.74, 6) is 2.22. The molecule has 0 bridgehead atoms. The summed E-state index contributed by atoms with van der Waals surface area (Å²) in [4.78, 5) is 9.90. The molecule has 2 nitrogen and oxygen atoms in total. The minimum atomic E-state index is 0.0881. The highest BCUT2D eigenvalue weighted by atomic mass is 32.2. The van der Waals surface area contributed by atoms with Gasteiger partial charge in [-0.3, -0.25) is 0 Å². The summed E-state index contributed by atoms with van der Waals surface area (Å²) in [6, 6.07) is 8.19. The fraction of sp³-hybridized carbons (Fsp3) is 0.500. The molecule has 0 spiro atoms. The van der Waals surface area contributed by atoms with Gasteiger partial charge in [-0.15, -0.1) is 0 Å². The van der Waals surface area contributed by atoms with Gasteiger partial charge in [0.05, 0.1) is 22.4 Å². The summed E-state index contributed by atoms with van der Waals surface area (Å²) in [5, 5.41) is 0. The van der Waals surface area contributed by atoms with Crippen LogP contribution < -0.4 is 0 Å². The van der Waals surface area contributed by atoms with Crippen molar-refractivity contribution in [3.05, 3.63) is 35.7 Å². The second-order valence-corrected chi connectivity index (χ2v) is 7.66. The summed E-state index contributed by atoms with van der Waals surface area (Å²) in [5.41, 5.74) is 4.56. The summed E-state index contributed by atoms with van der Waals surface area (Å²) in [7, 11) is 0. The standard InChI is InChI=1S/C16H20N2S/c1-15(2)9-19-10-16(3,4)14-13(15)17-11-7-5-6-8-12(11)18-14/h5-8H,9-10H2,1-4H3. The van der Waals surface area contributed by atoms with E-state index in [1.807, 2.05) is 23.9 Å². The number of aromatic nitrogens is 2. The van der Waals surface area contributed by atoms with Crippen LogP contribution in [0.5, 0.6) is 0 Å². The van der Waals surface area contributed by atoms with Crippen molar-refractivity contribution in [1.82, 2.24) is 9.97 Å². The van der Waals surface area contributed by atoms with Gasteiger partial charge in [0.25, 0.3) is 0 Å². The van der Waals surface area contributed by atoms with E-state index in [4.69, 9.17) is 9.97 Å². The first-order valence-corrected chi connectivity index (χ1v) is 7.91. The van der Waals surface area contributed by atoms with Crippen LogP contribution in [0.2, 0.25) is 0 Å². The van der Waals surface area contributed by atoms with Crippen LogP contribution in [0, 0.1) is 0 Å². The van der Waals surface area contributed by atoms with Gasteiger partial charge < -0.3 is 0 Å². The van der Waals surface area contributed by atoms with Crippen LogP contribution in [-0.4, -0.2) is 21.5 Å². The number of hydrogen-bond acceptors (Lipinski definition) is 3. The van der Waals surface area contributed by atoms with Gasteiger partial charge in [0.15, 0.2) is 0 Å². The van der Waals surface area contributed by atoms with Crippen molar-refractivity contribution < 1.29 is 0 Å². The van der Waals surface area contributed by atoms with Crippen LogP contribution in [0.1, 0.15) is 39.1 Å². The Kier molecular flexibility index (Phi) is 2.86. The zero-order chi connectivity index (χ0) is 13.7. The van der Waals surface area contributed by atoms with Crippen molar-refractivity contribution in [2.45, 2.75) is 38.5 Å². The lowest BCUT2D eigenvalue weighted by Gasteiger charge is -2.27. The van der Waals surface area contributed by atoms with Crippen LogP contribution in [-0.2, 0) is 10.8 Å². The first-order chi connectivity index (χ1) is 8.90. The molecule has 100 valence electrons. The molecule has 0 fully saturated rings. The molecular formula is C16H20N2S. The second kappa shape index (κ2) is 4.20. The minimum absolute atomic E-state index is 0.0881. The van der Waals surface area contributed by atoms with E-state index in [1.165, 1.54) is 11.4 Å². The predicted molar refractivity (Wildman–Crippen MR) is 82.9 cm³/mol. The maximum absolute atomic E-state index is 4.95. The van der Waals surface area contributed by atoms with E-state index in [-0.39, 0.29) is 10.8 Å². The van der Waals surface area contributed by atoms with Crippen LogP contribution in [0.25, 0.3) is 11.0 Å². The maximum Gasteiger partial charge on any atom is 0.0890 e. The molecule has 2 heterocycles. The van der Waals surface area contributed by atoms with Gasteiger partial charge in [0.1, 0.15) is 0 Å². The van der Waals surface area contributed by atoms with Gasteiger partial charge in [0.2, 0.25) is 0 Å². The normalized spacial score (nSPS) is 20.8. The topological polar surface area (TPSA) is 25.8 Å². The van der Waals surface area contributed by atoms with Gasteiger partial charge in [-0.1, -0.05) is 39.8 Å². The molecule has 1 aliphatic heterocycles. The Morgan fingerprint density at radius 1 is 0.842 bits per heavy atom. The average molecular weight is 272 g/mol. The maximum atomic E-state index is 4.95. The van der Waals surface area contributed by atoms with E-state index in [2.05, 4.69) is 39.8 Å². The van der Waals surface area contributed by atoms with Gasteiger partial charge in [-0.25, -0.2) is 9.97 Å². The van der Waals surface area contributed by atoms with Gasteiger partial charge in [-0.2, -0.15) is 11.8 Å². The molecule has 0 unspecified atom stereocenters. The highest BCUT2D eigenvalue weighted by molar-refractivity contribution is 7.99. The van der Waals surface area contributed by atoms with Crippen LogP contribution in [0.4, 0.5) is 0 Å². The molecule has 0 atom stereocenters. The Hall–Kier alpha value is -1.09. The molecule has 0 aliphatic carbocycles. The highest BCUT2D eigenvalue weighted by Crippen LogP contribution is 2.40. The van der Waals surface area contributed by atoms with Crippen LogP contribution in [0.15, 0.2) is 24.3 Å². The van der Waals surface area contributed by atoms with Crippen molar-refractivity contribution in [3.63, 3.8) is 0 Å². The molecule has 1 aromatic carbocycles. The average Bonchev–Trinajstić information content (AvgIpc) is 2.44. The SMILES string of the molecule is CC1(C)CSCC(C)(C)c2nc3ccccc3nc21. The first-order valence-electron chi connectivity index (χ1n) is 6.76. The molecule has 1 aromatic heterocycles. The monoisotopic (exact) mass is 272 g/mol. The Bertz CT molecular complexity index is 577. The third kappa shape index (κ3) is 2.14. The zero-order valence-electron chi connectivity index (χ0n) is 12.0. The fourth-order valence-electron chi connectivity index (χ4n) is 2.64.